The Labute approximate surface area is 89.8 Å². The van der Waals surface area contributed by atoms with Gasteiger partial charge in [0.15, 0.2) is 0 Å². The summed E-state index contributed by atoms with van der Waals surface area (Å²) in [5.74, 6) is 0. The van der Waals surface area contributed by atoms with E-state index in [4.69, 9.17) is 8.85 Å². The number of hydrogen-bond acceptors (Lipinski definition) is 3. The van der Waals surface area contributed by atoms with Crippen LogP contribution in [0.25, 0.3) is 0 Å². The predicted molar refractivity (Wildman–Crippen MR) is 55.3 cm³/mol. The summed E-state index contributed by atoms with van der Waals surface area (Å²) in [6.07, 6.45) is -0.135. The van der Waals surface area contributed by atoms with Crippen molar-refractivity contribution in [1.29, 1.82) is 0 Å². The van der Waals surface area contributed by atoms with Gasteiger partial charge in [0.1, 0.15) is 5.60 Å². The third-order valence-corrected chi connectivity index (χ3v) is 1.99. The summed E-state index contributed by atoms with van der Waals surface area (Å²) in [6, 6.07) is -0.322. The van der Waals surface area contributed by atoms with Gasteiger partial charge in [-0.15, -0.1) is 0 Å². The highest BCUT2D eigenvalue weighted by molar-refractivity contribution is 5.68. The van der Waals surface area contributed by atoms with Crippen LogP contribution in [-0.2, 0) is 4.74 Å². The Bertz CT molecular complexity index is 280. The van der Waals surface area contributed by atoms with Crippen LogP contribution in [0.5, 0.6) is 0 Å². The zero-order chi connectivity index (χ0) is 13.3. The van der Waals surface area contributed by atoms with Gasteiger partial charge in [0.2, 0.25) is 0 Å². The largest absolute Gasteiger partial charge is 0.444 e. The van der Waals surface area contributed by atoms with E-state index in [0.717, 1.165) is 11.4 Å². The van der Waals surface area contributed by atoms with Crippen molar-refractivity contribution in [3.63, 3.8) is 0 Å². The zero-order valence-corrected chi connectivity index (χ0v) is 8.96. The van der Waals surface area contributed by atoms with E-state index in [1.807, 2.05) is 0 Å². The lowest BCUT2D eigenvalue weighted by Crippen LogP contribution is -2.41. The van der Waals surface area contributed by atoms with E-state index in [2.05, 4.69) is 5.32 Å². The van der Waals surface area contributed by atoms with Crippen LogP contribution in [-0.4, -0.2) is 42.7 Å². The van der Waals surface area contributed by atoms with E-state index >= 15 is 0 Å². The summed E-state index contributed by atoms with van der Waals surface area (Å²) in [5, 5.41) is 3.04. The molecule has 0 spiro atoms. The molecule has 1 saturated heterocycles. The second-order valence-corrected chi connectivity index (χ2v) is 4.50. The van der Waals surface area contributed by atoms with E-state index in [9.17, 15) is 4.79 Å². The van der Waals surface area contributed by atoms with Crippen molar-refractivity contribution in [1.82, 2.24) is 10.2 Å². The van der Waals surface area contributed by atoms with Crippen LogP contribution in [0.2, 0.25) is 0 Å². The summed E-state index contributed by atoms with van der Waals surface area (Å²) in [5.41, 5.74) is -0.688. The molecule has 1 heterocycles. The fraction of sp³-hybridized carbons (Fsp3) is 0.900. The maximum Gasteiger partial charge on any atom is 0.410 e. The molecule has 1 aliphatic rings. The summed E-state index contributed by atoms with van der Waals surface area (Å²) in [4.78, 5) is 12.8. The normalized spacial score (nSPS) is 26.2. The number of amides is 1. The van der Waals surface area contributed by atoms with E-state index in [0.29, 0.717) is 13.0 Å². The van der Waals surface area contributed by atoms with E-state index in [1.165, 1.54) is 0 Å². The van der Waals surface area contributed by atoms with Crippen molar-refractivity contribution < 1.29 is 13.6 Å². The van der Waals surface area contributed by atoms with E-state index in [-0.39, 0.29) is 6.04 Å². The summed E-state index contributed by atoms with van der Waals surface area (Å²) in [6.45, 7) is 3.91. The molecule has 0 unspecified atom stereocenters. The quantitative estimate of drug-likeness (QED) is 0.696. The topological polar surface area (TPSA) is 41.6 Å². The highest BCUT2D eigenvalue weighted by atomic mass is 16.6. The summed E-state index contributed by atoms with van der Waals surface area (Å²) in [7, 11) is 0. The first-order chi connectivity index (χ1) is 7.61. The summed E-state index contributed by atoms with van der Waals surface area (Å²) < 4.78 is 27.4. The lowest BCUT2D eigenvalue weighted by Gasteiger charge is -2.28. The average Bonchev–Trinajstić information content (AvgIpc) is 2.49. The van der Waals surface area contributed by atoms with Crippen molar-refractivity contribution in [3.8, 4) is 0 Å². The minimum absolute atomic E-state index is 0.322. The van der Waals surface area contributed by atoms with Crippen LogP contribution >= 0.6 is 0 Å². The Kier molecular flexibility index (Phi) is 2.24. The van der Waals surface area contributed by atoms with Gasteiger partial charge in [-0.3, -0.25) is 0 Å². The van der Waals surface area contributed by atoms with Crippen LogP contribution in [0, 0.1) is 0 Å². The molecule has 1 fully saturated rings. The molecule has 0 aromatic rings. The monoisotopic (exact) mass is 203 g/mol. The number of rotatable bonds is 1. The van der Waals surface area contributed by atoms with Crippen LogP contribution < -0.4 is 5.32 Å². The molecule has 0 saturated carbocycles. The molecule has 1 aliphatic heterocycles. The molecule has 1 rings (SSSR count). The maximum atomic E-state index is 11.9. The molecule has 0 radical (unpaired) electrons. The predicted octanol–water partition coefficient (Wildman–Crippen LogP) is 1.22. The van der Waals surface area contributed by atoms with Crippen LogP contribution in [0.3, 0.4) is 0 Å². The Hall–Kier alpha value is -0.770. The van der Waals surface area contributed by atoms with Crippen molar-refractivity contribution in [2.45, 2.75) is 38.8 Å². The molecule has 0 aromatic carbocycles. The van der Waals surface area contributed by atoms with Gasteiger partial charge in [-0.2, -0.15) is 0 Å². The molecular formula is C10H20N2O2. The Balaban J connectivity index is 2.79. The van der Waals surface area contributed by atoms with Gasteiger partial charge < -0.3 is 15.0 Å². The number of ether oxygens (including phenoxy) is 1. The van der Waals surface area contributed by atoms with Crippen molar-refractivity contribution in [2.24, 2.45) is 0 Å². The SMILES string of the molecule is [2H]C([2H])([2H])N(C(=O)OC(C)(C)C)[C@H]1CCNC1. The van der Waals surface area contributed by atoms with Crippen LogP contribution in [0.15, 0.2) is 0 Å². The minimum atomic E-state index is -2.46. The van der Waals surface area contributed by atoms with Gasteiger partial charge in [-0.25, -0.2) is 4.79 Å². The summed E-state index contributed by atoms with van der Waals surface area (Å²) >= 11 is 0. The lowest BCUT2D eigenvalue weighted by atomic mass is 10.2. The smallest absolute Gasteiger partial charge is 0.410 e. The first-order valence-corrected chi connectivity index (χ1v) is 4.84. The van der Waals surface area contributed by atoms with Crippen molar-refractivity contribution in [3.05, 3.63) is 0 Å². The van der Waals surface area contributed by atoms with Gasteiger partial charge in [0.25, 0.3) is 0 Å². The molecule has 0 bridgehead atoms. The minimum Gasteiger partial charge on any atom is -0.444 e. The first kappa shape index (κ1) is 7.51. The van der Waals surface area contributed by atoms with E-state index < -0.39 is 18.7 Å². The number of nitrogens with zero attached hydrogens (tertiary/aromatic N) is 1. The molecule has 1 atom stereocenters. The van der Waals surface area contributed by atoms with Gasteiger partial charge >= 0.3 is 6.09 Å². The standard InChI is InChI=1S/C10H20N2O2/c1-10(2,3)14-9(13)12(4)8-5-6-11-7-8/h8,11H,5-7H2,1-4H3/t8-/m0/s1/i4D3. The van der Waals surface area contributed by atoms with Crippen molar-refractivity contribution in [2.75, 3.05) is 20.1 Å². The second kappa shape index (κ2) is 4.17. The Morgan fingerprint density at radius 1 is 1.64 bits per heavy atom. The maximum absolute atomic E-state index is 11.9. The zero-order valence-electron chi connectivity index (χ0n) is 12.0. The lowest BCUT2D eigenvalue weighted by molar-refractivity contribution is 0.0236. The van der Waals surface area contributed by atoms with E-state index in [1.54, 1.807) is 20.8 Å². The Morgan fingerprint density at radius 3 is 2.79 bits per heavy atom. The molecule has 4 nitrogen and oxygen atoms in total. The molecule has 0 aliphatic carbocycles. The second-order valence-electron chi connectivity index (χ2n) is 4.50. The van der Waals surface area contributed by atoms with Gasteiger partial charge in [-0.1, -0.05) is 0 Å². The molecule has 14 heavy (non-hydrogen) atoms. The average molecular weight is 203 g/mol. The van der Waals surface area contributed by atoms with Gasteiger partial charge in [0.05, 0.1) is 0 Å². The van der Waals surface area contributed by atoms with Gasteiger partial charge in [0, 0.05) is 23.7 Å². The third-order valence-electron chi connectivity index (χ3n) is 1.99. The number of likely N-dealkylation sites (N-methyl/N-ethyl adjacent to an activating group) is 1. The third kappa shape index (κ3) is 3.18. The number of carbonyl (C=O) groups excluding carboxylic acids is 1. The molecule has 1 N–H and O–H groups in total. The molecular weight excluding hydrogens is 180 g/mol. The number of carbonyl (C=O) groups is 1. The molecule has 82 valence electrons. The molecule has 1 amide bonds. The number of nitrogens with one attached hydrogen (secondary N) is 1. The number of hydrogen-bond donors (Lipinski definition) is 1. The highest BCUT2D eigenvalue weighted by Crippen LogP contribution is 2.13. The first-order valence-electron chi connectivity index (χ1n) is 6.34. The molecule has 0 aromatic heterocycles. The highest BCUT2D eigenvalue weighted by Gasteiger charge is 2.26. The Morgan fingerprint density at radius 2 is 2.36 bits per heavy atom. The van der Waals surface area contributed by atoms with Crippen LogP contribution in [0.1, 0.15) is 31.3 Å². The van der Waals surface area contributed by atoms with Gasteiger partial charge in [-0.05, 0) is 33.7 Å². The molecule has 4 heteroatoms. The van der Waals surface area contributed by atoms with Crippen LogP contribution in [0.4, 0.5) is 4.79 Å². The van der Waals surface area contributed by atoms with Crippen molar-refractivity contribution >= 4 is 6.09 Å². The fourth-order valence-electron chi connectivity index (χ4n) is 1.32. The fourth-order valence-corrected chi connectivity index (χ4v) is 1.32.